The largest absolute Gasteiger partial charge is 0.496 e. The third kappa shape index (κ3) is 5.48. The maximum Gasteiger partial charge on any atom is 0.191 e. The fraction of sp³-hybridized carbons (Fsp3) is 0.381. The summed E-state index contributed by atoms with van der Waals surface area (Å²) in [6, 6.07) is 9.97. The number of aliphatic imine (C=N–C) groups is 1. The Bertz CT molecular complexity index is 874. The van der Waals surface area contributed by atoms with Crippen LogP contribution in [0, 0.1) is 0 Å². The van der Waals surface area contributed by atoms with Gasteiger partial charge < -0.3 is 24.8 Å². The lowest BCUT2D eigenvalue weighted by Gasteiger charge is -2.12. The number of aromatic amines is 1. The molecular weight excluding hydrogens is 372 g/mol. The van der Waals surface area contributed by atoms with Gasteiger partial charge in [0.05, 0.1) is 19.9 Å². The molecule has 0 saturated heterocycles. The first-order chi connectivity index (χ1) is 13.8. The summed E-state index contributed by atoms with van der Waals surface area (Å²) in [6.45, 7) is 2.36. The molecule has 0 aliphatic heterocycles. The van der Waals surface area contributed by atoms with Crippen LogP contribution in [0.4, 0.5) is 0 Å². The number of hydrogen-bond donors (Lipinski definition) is 3. The van der Waals surface area contributed by atoms with Crippen LogP contribution in [0.15, 0.2) is 52.2 Å². The third-order valence-corrected chi connectivity index (χ3v) is 5.06. The van der Waals surface area contributed by atoms with Crippen LogP contribution in [0.3, 0.4) is 0 Å². The van der Waals surface area contributed by atoms with Crippen LogP contribution in [0.2, 0.25) is 0 Å². The average molecular weight is 401 g/mol. The summed E-state index contributed by atoms with van der Waals surface area (Å²) in [5.41, 5.74) is 2.33. The minimum Gasteiger partial charge on any atom is -0.496 e. The van der Waals surface area contributed by atoms with Crippen molar-refractivity contribution >= 4 is 28.6 Å². The molecule has 0 radical (unpaired) electrons. The molecule has 0 spiro atoms. The molecule has 0 aliphatic rings. The van der Waals surface area contributed by atoms with Gasteiger partial charge in [-0.2, -0.15) is 11.8 Å². The molecule has 0 saturated carbocycles. The van der Waals surface area contributed by atoms with Gasteiger partial charge in [-0.25, -0.2) is 0 Å². The van der Waals surface area contributed by atoms with Crippen molar-refractivity contribution in [1.29, 1.82) is 0 Å². The molecule has 0 bridgehead atoms. The summed E-state index contributed by atoms with van der Waals surface area (Å²) in [5, 5.41) is 7.99. The van der Waals surface area contributed by atoms with Gasteiger partial charge in [0.25, 0.3) is 0 Å². The van der Waals surface area contributed by atoms with Gasteiger partial charge in [-0.1, -0.05) is 6.07 Å². The van der Waals surface area contributed by atoms with Gasteiger partial charge in [-0.3, -0.25) is 4.99 Å². The van der Waals surface area contributed by atoms with E-state index in [0.717, 1.165) is 66.6 Å². The highest BCUT2D eigenvalue weighted by molar-refractivity contribution is 7.98. The number of rotatable bonds is 10. The predicted octanol–water partition coefficient (Wildman–Crippen LogP) is 3.45. The van der Waals surface area contributed by atoms with Gasteiger partial charge in [0, 0.05) is 42.4 Å². The highest BCUT2D eigenvalue weighted by Gasteiger charge is 2.09. The minimum absolute atomic E-state index is 0.777. The SMILES string of the molecule is COc1cccc2[nH]cc(CCNC(=NCCSC)NCCc3ccco3)c12. The number of ether oxygens (including phenoxy) is 1. The number of hydrogen-bond acceptors (Lipinski definition) is 4. The van der Waals surface area contributed by atoms with Gasteiger partial charge in [-0.15, -0.1) is 0 Å². The van der Waals surface area contributed by atoms with Gasteiger partial charge in [-0.05, 0) is 42.5 Å². The van der Waals surface area contributed by atoms with Gasteiger partial charge in [0.1, 0.15) is 11.5 Å². The fourth-order valence-electron chi connectivity index (χ4n) is 3.08. The first kappa shape index (κ1) is 20.2. The summed E-state index contributed by atoms with van der Waals surface area (Å²) >= 11 is 1.80. The van der Waals surface area contributed by atoms with Crippen molar-refractivity contribution in [2.45, 2.75) is 12.8 Å². The molecule has 6 nitrogen and oxygen atoms in total. The maximum atomic E-state index is 5.52. The Morgan fingerprint density at radius 3 is 2.79 bits per heavy atom. The lowest BCUT2D eigenvalue weighted by atomic mass is 10.1. The molecule has 0 fully saturated rings. The van der Waals surface area contributed by atoms with E-state index in [2.05, 4.69) is 39.1 Å². The van der Waals surface area contributed by atoms with Crippen molar-refractivity contribution in [2.24, 2.45) is 4.99 Å². The molecule has 0 amide bonds. The van der Waals surface area contributed by atoms with Crippen LogP contribution in [-0.4, -0.2) is 49.7 Å². The molecule has 150 valence electrons. The van der Waals surface area contributed by atoms with E-state index < -0.39 is 0 Å². The maximum absolute atomic E-state index is 5.52. The Balaban J connectivity index is 1.56. The average Bonchev–Trinajstić information content (AvgIpc) is 3.38. The molecular formula is C21H28N4O2S. The van der Waals surface area contributed by atoms with E-state index in [9.17, 15) is 0 Å². The van der Waals surface area contributed by atoms with Crippen LogP contribution >= 0.6 is 11.8 Å². The normalized spacial score (nSPS) is 11.7. The molecule has 3 N–H and O–H groups in total. The molecule has 7 heteroatoms. The van der Waals surface area contributed by atoms with Crippen LogP contribution in [0.1, 0.15) is 11.3 Å². The lowest BCUT2D eigenvalue weighted by Crippen LogP contribution is -2.39. The zero-order valence-corrected chi connectivity index (χ0v) is 17.3. The number of nitrogens with one attached hydrogen (secondary N) is 3. The first-order valence-corrected chi connectivity index (χ1v) is 10.9. The van der Waals surface area contributed by atoms with E-state index in [4.69, 9.17) is 9.15 Å². The fourth-order valence-corrected chi connectivity index (χ4v) is 3.36. The minimum atomic E-state index is 0.777. The number of benzene rings is 1. The van der Waals surface area contributed by atoms with E-state index in [-0.39, 0.29) is 0 Å². The Labute approximate surface area is 170 Å². The summed E-state index contributed by atoms with van der Waals surface area (Å²) in [6.07, 6.45) is 7.56. The zero-order valence-electron chi connectivity index (χ0n) is 16.5. The van der Waals surface area contributed by atoms with Crippen molar-refractivity contribution in [3.05, 3.63) is 54.1 Å². The summed E-state index contributed by atoms with van der Waals surface area (Å²) < 4.78 is 10.9. The number of H-pyrrole nitrogens is 1. The quantitative estimate of drug-likeness (QED) is 0.276. The van der Waals surface area contributed by atoms with E-state index >= 15 is 0 Å². The van der Waals surface area contributed by atoms with Crippen molar-refractivity contribution < 1.29 is 9.15 Å². The van der Waals surface area contributed by atoms with Crippen molar-refractivity contribution in [3.63, 3.8) is 0 Å². The number of guanidine groups is 1. The molecule has 0 atom stereocenters. The molecule has 2 aromatic heterocycles. The highest BCUT2D eigenvalue weighted by atomic mass is 32.2. The van der Waals surface area contributed by atoms with Crippen LogP contribution in [-0.2, 0) is 12.8 Å². The van der Waals surface area contributed by atoms with Crippen molar-refractivity contribution in [2.75, 3.05) is 38.8 Å². The monoisotopic (exact) mass is 400 g/mol. The summed E-state index contributed by atoms with van der Waals surface area (Å²) in [7, 11) is 1.71. The Morgan fingerprint density at radius 1 is 1.18 bits per heavy atom. The number of aromatic nitrogens is 1. The summed E-state index contributed by atoms with van der Waals surface area (Å²) in [5.74, 6) is 3.72. The number of methoxy groups -OCH3 is 1. The van der Waals surface area contributed by atoms with Crippen LogP contribution in [0.25, 0.3) is 10.9 Å². The van der Waals surface area contributed by atoms with Gasteiger partial charge in [0.15, 0.2) is 5.96 Å². The number of furan rings is 1. The Hall–Kier alpha value is -2.54. The number of nitrogens with zero attached hydrogens (tertiary/aromatic N) is 1. The smallest absolute Gasteiger partial charge is 0.191 e. The second-order valence-electron chi connectivity index (χ2n) is 6.35. The first-order valence-electron chi connectivity index (χ1n) is 9.48. The van der Waals surface area contributed by atoms with Gasteiger partial charge in [0.2, 0.25) is 0 Å². The second-order valence-corrected chi connectivity index (χ2v) is 7.34. The van der Waals surface area contributed by atoms with E-state index in [1.54, 1.807) is 25.1 Å². The third-order valence-electron chi connectivity index (χ3n) is 4.47. The van der Waals surface area contributed by atoms with Crippen LogP contribution in [0.5, 0.6) is 5.75 Å². The standard InChI is InChI=1S/C21H28N4O2S/c1-26-19-7-3-6-18-20(19)16(15-25-18)8-10-22-21(24-12-14-28-2)23-11-9-17-5-4-13-27-17/h3-7,13,15,25H,8-12,14H2,1-2H3,(H2,22,23,24). The number of fused-ring (bicyclic) bond motifs is 1. The van der Waals surface area contributed by atoms with Crippen LogP contribution < -0.4 is 15.4 Å². The molecule has 1 aromatic carbocycles. The number of thioether (sulfide) groups is 1. The Kier molecular flexibility index (Phi) is 7.72. The molecule has 3 rings (SSSR count). The predicted molar refractivity (Wildman–Crippen MR) is 118 cm³/mol. The van der Waals surface area contributed by atoms with Crippen molar-refractivity contribution in [3.8, 4) is 5.75 Å². The Morgan fingerprint density at radius 2 is 2.04 bits per heavy atom. The molecule has 0 unspecified atom stereocenters. The van der Waals surface area contributed by atoms with E-state index in [0.29, 0.717) is 0 Å². The highest BCUT2D eigenvalue weighted by Crippen LogP contribution is 2.28. The van der Waals surface area contributed by atoms with Gasteiger partial charge >= 0.3 is 0 Å². The molecule has 28 heavy (non-hydrogen) atoms. The lowest BCUT2D eigenvalue weighted by molar-refractivity contribution is 0.419. The molecule has 2 heterocycles. The van der Waals surface area contributed by atoms with E-state index in [1.807, 2.05) is 24.3 Å². The zero-order chi connectivity index (χ0) is 19.6. The van der Waals surface area contributed by atoms with E-state index in [1.165, 1.54) is 5.56 Å². The second kappa shape index (κ2) is 10.7. The summed E-state index contributed by atoms with van der Waals surface area (Å²) in [4.78, 5) is 7.98. The topological polar surface area (TPSA) is 74.6 Å². The van der Waals surface area contributed by atoms with Crippen molar-refractivity contribution in [1.82, 2.24) is 15.6 Å². The molecule has 3 aromatic rings. The molecule has 0 aliphatic carbocycles.